The Morgan fingerprint density at radius 2 is 1.95 bits per heavy atom. The highest BCUT2D eigenvalue weighted by molar-refractivity contribution is 5.21. The number of hydrogen-bond donors (Lipinski definition) is 1. The molecule has 0 radical (unpaired) electrons. The Balaban J connectivity index is 2.05. The topological polar surface area (TPSA) is 29.9 Å². The number of nitrogens with zero attached hydrogens (tertiary/aromatic N) is 2. The Morgan fingerprint density at radius 3 is 2.52 bits per heavy atom. The molecule has 0 spiro atoms. The highest BCUT2D eigenvalue weighted by Gasteiger charge is 2.20. The molecule has 3 heteroatoms. The van der Waals surface area contributed by atoms with Crippen molar-refractivity contribution in [2.24, 2.45) is 7.05 Å². The van der Waals surface area contributed by atoms with E-state index in [9.17, 15) is 0 Å². The highest BCUT2D eigenvalue weighted by atomic mass is 15.2. The molecule has 0 aliphatic heterocycles. The first-order chi connectivity index (χ1) is 10.2. The molecule has 2 rings (SSSR count). The molecule has 114 valence electrons. The SMILES string of the molecule is CCNC(CCc1cnn(C)c1)C(CC)c1ccccc1. The van der Waals surface area contributed by atoms with E-state index in [0.717, 1.165) is 25.8 Å². The van der Waals surface area contributed by atoms with Crippen LogP contribution < -0.4 is 5.32 Å². The van der Waals surface area contributed by atoms with Gasteiger partial charge in [0.2, 0.25) is 0 Å². The normalized spacial score (nSPS) is 14.0. The lowest BCUT2D eigenvalue weighted by atomic mass is 9.86. The minimum atomic E-state index is 0.516. The summed E-state index contributed by atoms with van der Waals surface area (Å²) < 4.78 is 1.88. The van der Waals surface area contributed by atoms with Crippen LogP contribution in [0.2, 0.25) is 0 Å². The molecule has 0 amide bonds. The molecule has 21 heavy (non-hydrogen) atoms. The minimum absolute atomic E-state index is 0.516. The molecule has 2 unspecified atom stereocenters. The van der Waals surface area contributed by atoms with Gasteiger partial charge in [-0.2, -0.15) is 5.10 Å². The summed E-state index contributed by atoms with van der Waals surface area (Å²) in [6.45, 7) is 5.49. The van der Waals surface area contributed by atoms with Crippen molar-refractivity contribution in [3.8, 4) is 0 Å². The largest absolute Gasteiger partial charge is 0.314 e. The number of aromatic nitrogens is 2. The predicted molar refractivity (Wildman–Crippen MR) is 88.5 cm³/mol. The molecule has 1 N–H and O–H groups in total. The molecule has 0 saturated heterocycles. The zero-order chi connectivity index (χ0) is 15.1. The first-order valence-corrected chi connectivity index (χ1v) is 8.00. The molecule has 1 aromatic heterocycles. The Morgan fingerprint density at radius 1 is 1.19 bits per heavy atom. The van der Waals surface area contributed by atoms with E-state index in [2.05, 4.69) is 60.8 Å². The maximum absolute atomic E-state index is 4.26. The van der Waals surface area contributed by atoms with Gasteiger partial charge < -0.3 is 5.32 Å². The van der Waals surface area contributed by atoms with Gasteiger partial charge >= 0.3 is 0 Å². The van der Waals surface area contributed by atoms with Gasteiger partial charge in [-0.3, -0.25) is 4.68 Å². The van der Waals surface area contributed by atoms with Gasteiger partial charge in [-0.25, -0.2) is 0 Å². The van der Waals surface area contributed by atoms with E-state index in [0.29, 0.717) is 12.0 Å². The molecule has 2 atom stereocenters. The second-order valence-corrected chi connectivity index (χ2v) is 5.65. The van der Waals surface area contributed by atoms with E-state index in [1.54, 1.807) is 0 Å². The molecule has 1 heterocycles. The lowest BCUT2D eigenvalue weighted by molar-refractivity contribution is 0.407. The average Bonchev–Trinajstić information content (AvgIpc) is 2.92. The third-order valence-corrected chi connectivity index (χ3v) is 4.12. The quantitative estimate of drug-likeness (QED) is 0.804. The fourth-order valence-electron chi connectivity index (χ4n) is 3.08. The Hall–Kier alpha value is -1.61. The van der Waals surface area contributed by atoms with Gasteiger partial charge in [-0.05, 0) is 42.9 Å². The molecule has 0 aliphatic carbocycles. The lowest BCUT2D eigenvalue weighted by Crippen LogP contribution is -2.35. The van der Waals surface area contributed by atoms with Crippen LogP contribution in [0.4, 0.5) is 0 Å². The number of hydrogen-bond acceptors (Lipinski definition) is 2. The van der Waals surface area contributed by atoms with Gasteiger partial charge in [0, 0.05) is 19.3 Å². The minimum Gasteiger partial charge on any atom is -0.314 e. The van der Waals surface area contributed by atoms with Gasteiger partial charge in [0.25, 0.3) is 0 Å². The third kappa shape index (κ3) is 4.43. The van der Waals surface area contributed by atoms with Crippen LogP contribution >= 0.6 is 0 Å². The van der Waals surface area contributed by atoms with Crippen molar-refractivity contribution in [1.29, 1.82) is 0 Å². The molecule has 0 aliphatic rings. The molecular formula is C18H27N3. The molecule has 0 saturated carbocycles. The van der Waals surface area contributed by atoms with Gasteiger partial charge in [0.05, 0.1) is 6.20 Å². The molecular weight excluding hydrogens is 258 g/mol. The maximum Gasteiger partial charge on any atom is 0.0521 e. The predicted octanol–water partition coefficient (Wildman–Crippen LogP) is 3.52. The number of nitrogens with one attached hydrogen (secondary N) is 1. The van der Waals surface area contributed by atoms with Crippen molar-refractivity contribution in [3.05, 3.63) is 53.9 Å². The summed E-state index contributed by atoms with van der Waals surface area (Å²) >= 11 is 0. The van der Waals surface area contributed by atoms with Crippen LogP contribution in [0.3, 0.4) is 0 Å². The second kappa shape index (κ2) is 7.99. The number of rotatable bonds is 8. The van der Waals surface area contributed by atoms with Crippen LogP contribution in [0, 0.1) is 0 Å². The Bertz CT molecular complexity index is 518. The average molecular weight is 285 g/mol. The van der Waals surface area contributed by atoms with Crippen molar-refractivity contribution in [3.63, 3.8) is 0 Å². The molecule has 0 bridgehead atoms. The number of benzene rings is 1. The van der Waals surface area contributed by atoms with Gasteiger partial charge in [-0.1, -0.05) is 44.2 Å². The monoisotopic (exact) mass is 285 g/mol. The van der Waals surface area contributed by atoms with Crippen LogP contribution in [0.5, 0.6) is 0 Å². The summed E-state index contributed by atoms with van der Waals surface area (Å²) in [5.41, 5.74) is 2.76. The van der Waals surface area contributed by atoms with Crippen LogP contribution in [-0.4, -0.2) is 22.4 Å². The standard InChI is InChI=1S/C18H27N3/c1-4-17(16-9-7-6-8-10-16)18(19-5-2)12-11-15-13-20-21(3)14-15/h6-10,13-14,17-19H,4-5,11-12H2,1-3H3. The second-order valence-electron chi connectivity index (χ2n) is 5.65. The molecule has 0 fully saturated rings. The van der Waals surface area contributed by atoms with Crippen LogP contribution in [-0.2, 0) is 13.5 Å². The third-order valence-electron chi connectivity index (χ3n) is 4.12. The van der Waals surface area contributed by atoms with Gasteiger partial charge in [0.15, 0.2) is 0 Å². The van der Waals surface area contributed by atoms with Crippen LogP contribution in [0.15, 0.2) is 42.7 Å². The van der Waals surface area contributed by atoms with Gasteiger partial charge in [0.1, 0.15) is 0 Å². The fourth-order valence-corrected chi connectivity index (χ4v) is 3.08. The van der Waals surface area contributed by atoms with E-state index >= 15 is 0 Å². The Labute approximate surface area is 128 Å². The molecule has 1 aromatic carbocycles. The van der Waals surface area contributed by atoms with Crippen molar-refractivity contribution in [2.45, 2.75) is 45.1 Å². The number of likely N-dealkylation sites (N-methyl/N-ethyl adjacent to an activating group) is 1. The number of aryl methyl sites for hydroxylation is 2. The van der Waals surface area contributed by atoms with E-state index in [1.807, 2.05) is 17.9 Å². The molecule has 2 aromatic rings. The molecule has 3 nitrogen and oxygen atoms in total. The van der Waals surface area contributed by atoms with Crippen LogP contribution in [0.1, 0.15) is 43.7 Å². The first kappa shape index (κ1) is 15.8. The van der Waals surface area contributed by atoms with E-state index < -0.39 is 0 Å². The van der Waals surface area contributed by atoms with Crippen molar-refractivity contribution < 1.29 is 0 Å². The summed E-state index contributed by atoms with van der Waals surface area (Å²) in [5.74, 6) is 0.572. The van der Waals surface area contributed by atoms with E-state index in [4.69, 9.17) is 0 Å². The first-order valence-electron chi connectivity index (χ1n) is 8.00. The summed E-state index contributed by atoms with van der Waals surface area (Å²) in [4.78, 5) is 0. The summed E-state index contributed by atoms with van der Waals surface area (Å²) in [6.07, 6.45) is 7.48. The highest BCUT2D eigenvalue weighted by Crippen LogP contribution is 2.26. The summed E-state index contributed by atoms with van der Waals surface area (Å²) in [5, 5.41) is 7.94. The van der Waals surface area contributed by atoms with Crippen molar-refractivity contribution >= 4 is 0 Å². The summed E-state index contributed by atoms with van der Waals surface area (Å²) in [6, 6.07) is 11.4. The zero-order valence-electron chi connectivity index (χ0n) is 13.4. The smallest absolute Gasteiger partial charge is 0.0521 e. The van der Waals surface area contributed by atoms with E-state index in [1.165, 1.54) is 11.1 Å². The van der Waals surface area contributed by atoms with Crippen molar-refractivity contribution in [2.75, 3.05) is 6.54 Å². The fraction of sp³-hybridized carbons (Fsp3) is 0.500. The lowest BCUT2D eigenvalue weighted by Gasteiger charge is -2.27. The maximum atomic E-state index is 4.26. The van der Waals surface area contributed by atoms with Crippen LogP contribution in [0.25, 0.3) is 0 Å². The Kier molecular flexibility index (Phi) is 6.00. The van der Waals surface area contributed by atoms with Gasteiger partial charge in [-0.15, -0.1) is 0 Å². The van der Waals surface area contributed by atoms with E-state index in [-0.39, 0.29) is 0 Å². The zero-order valence-corrected chi connectivity index (χ0v) is 13.4. The van der Waals surface area contributed by atoms with Crippen molar-refractivity contribution in [1.82, 2.24) is 15.1 Å². The summed E-state index contributed by atoms with van der Waals surface area (Å²) in [7, 11) is 1.98.